The van der Waals surface area contributed by atoms with Crippen LogP contribution in [0.25, 0.3) is 137 Å². The minimum atomic E-state index is 0.586. The van der Waals surface area contributed by atoms with Crippen LogP contribution in [0.1, 0.15) is 0 Å². The van der Waals surface area contributed by atoms with Crippen molar-refractivity contribution in [3.8, 4) is 39.9 Å². The summed E-state index contributed by atoms with van der Waals surface area (Å²) < 4.78 is 9.21. The van der Waals surface area contributed by atoms with Crippen molar-refractivity contribution >= 4 is 97.6 Å². The smallest absolute Gasteiger partial charge is 0.164 e. The molecule has 14 aromatic rings. The monoisotopic (exact) mass is 814 g/mol. The van der Waals surface area contributed by atoms with Crippen LogP contribution in [0.15, 0.2) is 211 Å². The predicted octanol–water partition coefficient (Wildman–Crippen LogP) is 15.6. The molecule has 3 aromatic heterocycles. The van der Waals surface area contributed by atoms with Crippen LogP contribution in [0.4, 0.5) is 0 Å². The first-order valence-corrected chi connectivity index (χ1v) is 21.7. The third-order valence-electron chi connectivity index (χ3n) is 13.2. The number of nitrogens with zero attached hydrogens (tertiary/aromatic N) is 4. The Morgan fingerprint density at radius 1 is 0.328 bits per heavy atom. The lowest BCUT2D eigenvalue weighted by Crippen LogP contribution is -2.01. The number of aromatic nitrogens is 4. The van der Waals surface area contributed by atoms with Crippen molar-refractivity contribution in [3.05, 3.63) is 206 Å². The van der Waals surface area contributed by atoms with Gasteiger partial charge in [-0.25, -0.2) is 15.0 Å². The Morgan fingerprint density at radius 3 is 1.80 bits per heavy atom. The van der Waals surface area contributed by atoms with E-state index in [2.05, 4.69) is 187 Å². The van der Waals surface area contributed by atoms with Gasteiger partial charge in [0.2, 0.25) is 0 Å². The maximum Gasteiger partial charge on any atom is 0.164 e. The minimum Gasteiger partial charge on any atom is -0.456 e. The molecule has 0 amide bonds. The highest BCUT2D eigenvalue weighted by Gasteiger charge is 2.22. The fourth-order valence-electron chi connectivity index (χ4n) is 10.3. The van der Waals surface area contributed by atoms with Gasteiger partial charge < -0.3 is 8.98 Å². The Kier molecular flexibility index (Phi) is 7.33. The van der Waals surface area contributed by atoms with Gasteiger partial charge in [0.05, 0.1) is 11.0 Å². The van der Waals surface area contributed by atoms with Crippen molar-refractivity contribution in [2.75, 3.05) is 0 Å². The first-order chi connectivity index (χ1) is 31.7. The van der Waals surface area contributed by atoms with Gasteiger partial charge in [0, 0.05) is 49.3 Å². The molecule has 0 bridgehead atoms. The molecule has 0 atom stereocenters. The zero-order valence-corrected chi connectivity index (χ0v) is 34.3. The maximum absolute atomic E-state index is 6.76. The Morgan fingerprint density at radius 2 is 0.953 bits per heavy atom. The molecule has 64 heavy (non-hydrogen) atoms. The summed E-state index contributed by atoms with van der Waals surface area (Å²) in [5.74, 6) is 1.82. The van der Waals surface area contributed by atoms with Crippen LogP contribution in [0, 0.1) is 0 Å². The largest absolute Gasteiger partial charge is 0.456 e. The summed E-state index contributed by atoms with van der Waals surface area (Å²) in [4.78, 5) is 15.9. The van der Waals surface area contributed by atoms with Crippen LogP contribution in [-0.2, 0) is 0 Å². The molecule has 3 heterocycles. The minimum absolute atomic E-state index is 0.586. The van der Waals surface area contributed by atoms with Crippen molar-refractivity contribution in [1.82, 2.24) is 19.5 Å². The number of hydrogen-bond acceptors (Lipinski definition) is 4. The summed E-state index contributed by atoms with van der Waals surface area (Å²) in [5.41, 5.74) is 7.79. The number of fused-ring (bicyclic) bond motifs is 14. The fraction of sp³-hybridized carbons (Fsp3) is 0. The van der Waals surface area contributed by atoms with Gasteiger partial charge in [-0.15, -0.1) is 0 Å². The SMILES string of the molecule is c1ccc(-c2nc(-c3cc4ccccc4c4ccccc34)nc(-c3cccc4oc5ccc6ccc(-n7c8cc9ccccc9cc8c8ccc9ccccc9c87)cc6c5c34)n2)cc1. The van der Waals surface area contributed by atoms with E-state index >= 15 is 0 Å². The summed E-state index contributed by atoms with van der Waals surface area (Å²) in [5, 5.41) is 16.1. The molecule has 14 rings (SSSR count). The lowest BCUT2D eigenvalue weighted by Gasteiger charge is -2.13. The van der Waals surface area contributed by atoms with E-state index in [0.29, 0.717) is 17.5 Å². The highest BCUT2D eigenvalue weighted by Crippen LogP contribution is 2.44. The molecule has 296 valence electrons. The number of benzene rings is 11. The van der Waals surface area contributed by atoms with Crippen molar-refractivity contribution in [2.24, 2.45) is 0 Å². The second kappa shape index (κ2) is 13.4. The van der Waals surface area contributed by atoms with E-state index in [1.807, 2.05) is 24.3 Å². The standard InChI is InChI=1S/C59H34N4O/c1-2-14-37(15-3-1)57-60-58(62-59(61-57)50-32-40-18-7-8-19-42(40)44-21-10-11-22-45(44)50)47-23-12-24-52-54(47)55-48-34-41(28-25-36(48)27-30-53(55)64-52)63-51-33-39-17-5-4-16-38(39)31-49(51)46-29-26-35-13-6-9-20-43(35)56(46)63/h1-34H. The molecule has 0 aliphatic carbocycles. The van der Waals surface area contributed by atoms with Gasteiger partial charge in [0.15, 0.2) is 17.5 Å². The fourth-order valence-corrected chi connectivity index (χ4v) is 10.3. The first-order valence-electron chi connectivity index (χ1n) is 21.7. The van der Waals surface area contributed by atoms with Gasteiger partial charge in [-0.3, -0.25) is 0 Å². The Hall–Kier alpha value is -8.67. The normalized spacial score (nSPS) is 12.1. The summed E-state index contributed by atoms with van der Waals surface area (Å²) in [7, 11) is 0. The van der Waals surface area contributed by atoms with Gasteiger partial charge in [-0.2, -0.15) is 0 Å². The van der Waals surface area contributed by atoms with Crippen molar-refractivity contribution in [3.63, 3.8) is 0 Å². The molecule has 0 aliphatic heterocycles. The molecule has 11 aromatic carbocycles. The number of hydrogen-bond donors (Lipinski definition) is 0. The van der Waals surface area contributed by atoms with Gasteiger partial charge in [-0.1, -0.05) is 164 Å². The second-order valence-electron chi connectivity index (χ2n) is 16.7. The molecule has 5 nitrogen and oxygen atoms in total. The summed E-state index contributed by atoms with van der Waals surface area (Å²) in [6.07, 6.45) is 0. The van der Waals surface area contributed by atoms with Crippen molar-refractivity contribution in [2.45, 2.75) is 0 Å². The highest BCUT2D eigenvalue weighted by molar-refractivity contribution is 6.24. The average molecular weight is 815 g/mol. The van der Waals surface area contributed by atoms with Crippen LogP contribution in [0.2, 0.25) is 0 Å². The summed E-state index contributed by atoms with van der Waals surface area (Å²) in [6.45, 7) is 0. The van der Waals surface area contributed by atoms with E-state index in [9.17, 15) is 0 Å². The molecule has 5 heteroatoms. The van der Waals surface area contributed by atoms with Crippen molar-refractivity contribution in [1.29, 1.82) is 0 Å². The van der Waals surface area contributed by atoms with E-state index in [1.54, 1.807) is 0 Å². The first kappa shape index (κ1) is 35.0. The molecule has 0 N–H and O–H groups in total. The molecule has 0 saturated carbocycles. The highest BCUT2D eigenvalue weighted by atomic mass is 16.3. The molecule has 0 saturated heterocycles. The number of furan rings is 1. The van der Waals surface area contributed by atoms with Gasteiger partial charge >= 0.3 is 0 Å². The van der Waals surface area contributed by atoms with E-state index in [-0.39, 0.29) is 0 Å². The molecule has 0 fully saturated rings. The molecular weight excluding hydrogens is 781 g/mol. The van der Waals surface area contributed by atoms with Gasteiger partial charge in [0.25, 0.3) is 0 Å². The third kappa shape index (κ3) is 5.15. The van der Waals surface area contributed by atoms with Crippen LogP contribution in [0.5, 0.6) is 0 Å². The van der Waals surface area contributed by atoms with Gasteiger partial charge in [0.1, 0.15) is 11.2 Å². The Labute approximate surface area is 366 Å². The van der Waals surface area contributed by atoms with Crippen LogP contribution >= 0.6 is 0 Å². The Balaban J connectivity index is 1.06. The Bertz CT molecular complexity index is 4260. The summed E-state index contributed by atoms with van der Waals surface area (Å²) >= 11 is 0. The predicted molar refractivity (Wildman–Crippen MR) is 265 cm³/mol. The second-order valence-corrected chi connectivity index (χ2v) is 16.7. The maximum atomic E-state index is 6.76. The molecule has 0 radical (unpaired) electrons. The van der Waals surface area contributed by atoms with E-state index < -0.39 is 0 Å². The van der Waals surface area contributed by atoms with E-state index in [0.717, 1.165) is 71.2 Å². The lowest BCUT2D eigenvalue weighted by molar-refractivity contribution is 0.669. The van der Waals surface area contributed by atoms with Crippen LogP contribution in [-0.4, -0.2) is 19.5 Å². The molecule has 0 unspecified atom stereocenters. The van der Waals surface area contributed by atoms with Crippen LogP contribution < -0.4 is 0 Å². The quantitative estimate of drug-likeness (QED) is 0.166. The zero-order valence-electron chi connectivity index (χ0n) is 34.3. The molecule has 0 spiro atoms. The lowest BCUT2D eigenvalue weighted by atomic mass is 9.96. The van der Waals surface area contributed by atoms with Crippen molar-refractivity contribution < 1.29 is 4.42 Å². The molecular formula is C59H34N4O. The topological polar surface area (TPSA) is 56.7 Å². The van der Waals surface area contributed by atoms with E-state index in [1.165, 1.54) is 48.7 Å². The zero-order chi connectivity index (χ0) is 41.9. The average Bonchev–Trinajstić information content (AvgIpc) is 3.91. The van der Waals surface area contributed by atoms with Crippen LogP contribution in [0.3, 0.4) is 0 Å². The molecule has 0 aliphatic rings. The van der Waals surface area contributed by atoms with E-state index in [4.69, 9.17) is 19.4 Å². The third-order valence-corrected chi connectivity index (χ3v) is 13.2. The van der Waals surface area contributed by atoms with Gasteiger partial charge in [-0.05, 0) is 90.9 Å². The number of rotatable bonds is 4. The summed E-state index contributed by atoms with van der Waals surface area (Å²) in [6, 6.07) is 73.4.